The molecule has 0 spiro atoms. The van der Waals surface area contributed by atoms with Gasteiger partial charge in [0.25, 0.3) is 5.91 Å². The van der Waals surface area contributed by atoms with Crippen LogP contribution in [0.4, 0.5) is 5.69 Å². The molecule has 0 saturated carbocycles. The van der Waals surface area contributed by atoms with Gasteiger partial charge in [-0.2, -0.15) is 0 Å². The zero-order valence-corrected chi connectivity index (χ0v) is 17.6. The first kappa shape index (κ1) is 19.6. The molecule has 0 aliphatic carbocycles. The van der Waals surface area contributed by atoms with Gasteiger partial charge in [0.15, 0.2) is 10.0 Å². The maximum atomic E-state index is 12.2. The number of benzene rings is 2. The summed E-state index contributed by atoms with van der Waals surface area (Å²) in [6, 6.07) is 15.4. The summed E-state index contributed by atoms with van der Waals surface area (Å²) in [5, 5.41) is 19.3. The predicted octanol–water partition coefficient (Wildman–Crippen LogP) is 4.88. The van der Waals surface area contributed by atoms with E-state index in [4.69, 9.17) is 0 Å². The number of carbonyl (C=O) groups excluding carboxylic acids is 1. The summed E-state index contributed by atoms with van der Waals surface area (Å²) in [6.45, 7) is 0.489. The molecule has 0 fully saturated rings. The van der Waals surface area contributed by atoms with Crippen LogP contribution < -0.4 is 0 Å². The monoisotopic (exact) mass is 425 g/mol. The van der Waals surface area contributed by atoms with Crippen molar-refractivity contribution < 1.29 is 9.90 Å². The zero-order chi connectivity index (χ0) is 20.4. The Morgan fingerprint density at radius 2 is 1.97 bits per heavy atom. The molecule has 1 amide bonds. The highest BCUT2D eigenvalue weighted by molar-refractivity contribution is 8.01. The van der Waals surface area contributed by atoms with Crippen molar-refractivity contribution >= 4 is 55.8 Å². The van der Waals surface area contributed by atoms with Crippen LogP contribution in [0.3, 0.4) is 0 Å². The van der Waals surface area contributed by atoms with Gasteiger partial charge in [0.2, 0.25) is 5.88 Å². The van der Waals surface area contributed by atoms with E-state index in [1.54, 1.807) is 15.9 Å². The summed E-state index contributed by atoms with van der Waals surface area (Å²) in [4.78, 5) is 18.7. The molecule has 2 aromatic heterocycles. The minimum atomic E-state index is -0.377. The predicted molar refractivity (Wildman–Crippen MR) is 117 cm³/mol. The first-order valence-corrected chi connectivity index (χ1v) is 10.7. The SMILES string of the molecule is CN(C)Cn1c(O)c(N=NC(=O)CSc2nc3ccccc3s2)c2ccccc21. The highest BCUT2D eigenvalue weighted by Gasteiger charge is 2.17. The van der Waals surface area contributed by atoms with E-state index in [-0.39, 0.29) is 17.5 Å². The van der Waals surface area contributed by atoms with Gasteiger partial charge < -0.3 is 5.11 Å². The van der Waals surface area contributed by atoms with Crippen molar-refractivity contribution in [3.05, 3.63) is 48.5 Å². The van der Waals surface area contributed by atoms with Crippen molar-refractivity contribution in [1.29, 1.82) is 0 Å². The van der Waals surface area contributed by atoms with E-state index in [1.807, 2.05) is 67.5 Å². The third-order valence-corrected chi connectivity index (χ3v) is 6.36. The number of aromatic hydroxyl groups is 1. The van der Waals surface area contributed by atoms with Crippen molar-refractivity contribution in [3.8, 4) is 5.88 Å². The van der Waals surface area contributed by atoms with Gasteiger partial charge in [-0.3, -0.25) is 14.3 Å². The van der Waals surface area contributed by atoms with Crippen molar-refractivity contribution in [3.63, 3.8) is 0 Å². The van der Waals surface area contributed by atoms with Crippen LogP contribution in [0.5, 0.6) is 5.88 Å². The van der Waals surface area contributed by atoms with Gasteiger partial charge in [-0.05, 0) is 32.3 Å². The smallest absolute Gasteiger partial charge is 0.274 e. The van der Waals surface area contributed by atoms with Crippen molar-refractivity contribution in [2.24, 2.45) is 10.2 Å². The van der Waals surface area contributed by atoms with Crippen LogP contribution in [-0.2, 0) is 11.5 Å². The fourth-order valence-electron chi connectivity index (χ4n) is 2.97. The standard InChI is InChI=1S/C20H19N5O2S2/c1-24(2)12-25-15-9-5-3-7-13(15)18(19(25)27)23-22-17(26)11-28-20-21-14-8-4-6-10-16(14)29-20/h3-10,27H,11-12H2,1-2H3. The van der Waals surface area contributed by atoms with Crippen molar-refractivity contribution in [2.45, 2.75) is 11.0 Å². The maximum Gasteiger partial charge on any atom is 0.274 e. The molecule has 0 aliphatic rings. The van der Waals surface area contributed by atoms with Gasteiger partial charge in [-0.15, -0.1) is 21.6 Å². The number of amides is 1. The number of thiazole rings is 1. The Morgan fingerprint density at radius 3 is 2.76 bits per heavy atom. The quantitative estimate of drug-likeness (QED) is 0.352. The fourth-order valence-corrected chi connectivity index (χ4v) is 4.81. The molecule has 0 unspecified atom stereocenters. The largest absolute Gasteiger partial charge is 0.493 e. The number of carbonyl (C=O) groups is 1. The molecule has 0 aliphatic heterocycles. The number of nitrogens with zero attached hydrogens (tertiary/aromatic N) is 5. The first-order valence-electron chi connectivity index (χ1n) is 8.91. The minimum absolute atomic E-state index is 0.00437. The number of thioether (sulfide) groups is 1. The zero-order valence-electron chi connectivity index (χ0n) is 15.9. The third-order valence-electron chi connectivity index (χ3n) is 4.20. The van der Waals surface area contributed by atoms with E-state index >= 15 is 0 Å². The summed E-state index contributed by atoms with van der Waals surface area (Å²) in [7, 11) is 3.83. The molecule has 0 atom stereocenters. The average molecular weight is 426 g/mol. The van der Waals surface area contributed by atoms with E-state index in [2.05, 4.69) is 15.2 Å². The summed E-state index contributed by atoms with van der Waals surface area (Å²) >= 11 is 2.89. The lowest BCUT2D eigenvalue weighted by atomic mass is 10.2. The van der Waals surface area contributed by atoms with Gasteiger partial charge in [0.1, 0.15) is 0 Å². The Bertz CT molecular complexity index is 1180. The van der Waals surface area contributed by atoms with E-state index < -0.39 is 0 Å². The van der Waals surface area contributed by atoms with E-state index in [0.717, 1.165) is 25.5 Å². The van der Waals surface area contributed by atoms with Gasteiger partial charge >= 0.3 is 0 Å². The number of azo groups is 1. The second-order valence-corrected chi connectivity index (χ2v) is 8.92. The molecule has 0 bridgehead atoms. The number of aromatic nitrogens is 2. The number of hydrogen-bond acceptors (Lipinski definition) is 7. The Hall–Kier alpha value is -2.75. The Balaban J connectivity index is 1.51. The normalized spacial score (nSPS) is 12.0. The van der Waals surface area contributed by atoms with Gasteiger partial charge in [-0.25, -0.2) is 4.98 Å². The Kier molecular flexibility index (Phi) is 5.61. The molecule has 1 N–H and O–H groups in total. The molecule has 29 heavy (non-hydrogen) atoms. The lowest BCUT2D eigenvalue weighted by Gasteiger charge is -2.12. The number of hydrogen-bond donors (Lipinski definition) is 1. The molecule has 2 heterocycles. The van der Waals surface area contributed by atoms with Crippen LogP contribution in [0.1, 0.15) is 0 Å². The van der Waals surface area contributed by atoms with E-state index in [1.165, 1.54) is 11.8 Å². The van der Waals surface area contributed by atoms with Crippen LogP contribution in [0, 0.1) is 0 Å². The fraction of sp³-hybridized carbons (Fsp3) is 0.200. The number of fused-ring (bicyclic) bond motifs is 2. The van der Waals surface area contributed by atoms with Crippen molar-refractivity contribution in [1.82, 2.24) is 14.5 Å². The summed E-state index contributed by atoms with van der Waals surface area (Å²) in [5.41, 5.74) is 2.07. The molecule has 148 valence electrons. The third kappa shape index (κ3) is 4.16. The van der Waals surface area contributed by atoms with E-state index in [0.29, 0.717) is 12.4 Å². The first-order chi connectivity index (χ1) is 14.0. The highest BCUT2D eigenvalue weighted by Crippen LogP contribution is 2.39. The number of rotatable bonds is 6. The topological polar surface area (TPSA) is 83.1 Å². The molecule has 9 heteroatoms. The molecule has 4 rings (SSSR count). The van der Waals surface area contributed by atoms with Gasteiger partial charge in [-0.1, -0.05) is 42.1 Å². The van der Waals surface area contributed by atoms with Crippen LogP contribution in [0.15, 0.2) is 63.1 Å². The van der Waals surface area contributed by atoms with Gasteiger partial charge in [0.05, 0.1) is 28.2 Å². The van der Waals surface area contributed by atoms with Crippen LogP contribution in [-0.4, -0.2) is 45.3 Å². The summed E-state index contributed by atoms with van der Waals surface area (Å²) in [5.74, 6) is -0.242. The minimum Gasteiger partial charge on any atom is -0.493 e. The van der Waals surface area contributed by atoms with Crippen LogP contribution >= 0.6 is 23.1 Å². The molecule has 2 aromatic carbocycles. The second kappa shape index (κ2) is 8.32. The highest BCUT2D eigenvalue weighted by atomic mass is 32.2. The average Bonchev–Trinajstić information content (AvgIpc) is 3.24. The van der Waals surface area contributed by atoms with Crippen LogP contribution in [0.25, 0.3) is 21.1 Å². The second-order valence-electron chi connectivity index (χ2n) is 6.67. The molecular weight excluding hydrogens is 406 g/mol. The Labute approximate surface area is 175 Å². The van der Waals surface area contributed by atoms with Crippen LogP contribution in [0.2, 0.25) is 0 Å². The maximum absolute atomic E-state index is 12.2. The summed E-state index contributed by atoms with van der Waals surface area (Å²) in [6.07, 6.45) is 0. The molecular formula is C20H19N5O2S2. The number of para-hydroxylation sites is 2. The summed E-state index contributed by atoms with van der Waals surface area (Å²) < 4.78 is 3.65. The molecule has 0 radical (unpaired) electrons. The lowest BCUT2D eigenvalue weighted by molar-refractivity contribution is -0.115. The molecule has 7 nitrogen and oxygen atoms in total. The van der Waals surface area contributed by atoms with Gasteiger partial charge in [0, 0.05) is 5.39 Å². The molecule has 4 aromatic rings. The van der Waals surface area contributed by atoms with Crippen molar-refractivity contribution in [2.75, 3.05) is 19.8 Å². The molecule has 0 saturated heterocycles. The Morgan fingerprint density at radius 1 is 1.21 bits per heavy atom. The lowest BCUT2D eigenvalue weighted by Crippen LogP contribution is -2.16. The van der Waals surface area contributed by atoms with E-state index in [9.17, 15) is 9.90 Å².